The Bertz CT molecular complexity index is 730. The van der Waals surface area contributed by atoms with Gasteiger partial charge in [0.1, 0.15) is 0 Å². The van der Waals surface area contributed by atoms with Crippen LogP contribution in [0.5, 0.6) is 0 Å². The van der Waals surface area contributed by atoms with Gasteiger partial charge in [0.25, 0.3) is 0 Å². The average Bonchev–Trinajstić information content (AvgIpc) is 3.20. The number of carbonyl (C=O) groups is 3. The lowest BCUT2D eigenvalue weighted by Gasteiger charge is -2.21. The molecule has 130 valence electrons. The van der Waals surface area contributed by atoms with Gasteiger partial charge >= 0.3 is 5.97 Å². The van der Waals surface area contributed by atoms with Crippen LogP contribution >= 0.6 is 0 Å². The quantitative estimate of drug-likeness (QED) is 0.455. The molecule has 0 radical (unpaired) electrons. The van der Waals surface area contributed by atoms with E-state index in [0.29, 0.717) is 0 Å². The molecule has 8 nitrogen and oxygen atoms in total. The molecule has 2 saturated heterocycles. The molecule has 4 rings (SSSR count). The number of likely N-dealkylation sites (tertiary alicyclic amines) is 1. The highest BCUT2D eigenvalue weighted by atomic mass is 16.5. The molecule has 3 heterocycles. The number of carbonyl (C=O) groups excluding carboxylic acids is 3. The second-order valence-corrected chi connectivity index (χ2v) is 6.41. The second kappa shape index (κ2) is 5.65. The average molecular weight is 343 g/mol. The molecule has 0 N–H and O–H groups in total. The van der Waals surface area contributed by atoms with Crippen LogP contribution < -0.4 is 0 Å². The van der Waals surface area contributed by atoms with Crippen LogP contribution in [0.3, 0.4) is 0 Å². The molecule has 4 atom stereocenters. The van der Waals surface area contributed by atoms with Crippen LogP contribution in [-0.4, -0.2) is 40.8 Å². The molecule has 0 aromatic heterocycles. The SMILES string of the molecule is CCOC(=O)CCN1C(=O)[C@@H]2[C@H](C1=O)[C@@H]1c3ccccc3[C@H]2N1N=O. The Kier molecular flexibility index (Phi) is 3.55. The number of imide groups is 1. The summed E-state index contributed by atoms with van der Waals surface area (Å²) in [7, 11) is 0. The summed E-state index contributed by atoms with van der Waals surface area (Å²) in [5, 5.41) is 4.43. The van der Waals surface area contributed by atoms with Crippen LogP contribution in [0.4, 0.5) is 0 Å². The molecule has 3 aliphatic heterocycles. The first-order valence-electron chi connectivity index (χ1n) is 8.31. The molecule has 0 saturated carbocycles. The number of hydrogen-bond acceptors (Lipinski definition) is 6. The maximum atomic E-state index is 12.8. The summed E-state index contributed by atoms with van der Waals surface area (Å²) in [6.07, 6.45) is -0.0251. The Hall–Kier alpha value is -2.77. The van der Waals surface area contributed by atoms with Gasteiger partial charge in [0.05, 0.1) is 42.2 Å². The highest BCUT2D eigenvalue weighted by Crippen LogP contribution is 2.62. The van der Waals surface area contributed by atoms with Crippen molar-refractivity contribution in [1.82, 2.24) is 9.91 Å². The number of ether oxygens (including phenoxy) is 1. The zero-order chi connectivity index (χ0) is 17.7. The van der Waals surface area contributed by atoms with Gasteiger partial charge in [-0.25, -0.2) is 5.01 Å². The van der Waals surface area contributed by atoms with Crippen LogP contribution in [0.1, 0.15) is 36.6 Å². The molecule has 0 aliphatic carbocycles. The van der Waals surface area contributed by atoms with Gasteiger partial charge in [-0.3, -0.25) is 19.3 Å². The van der Waals surface area contributed by atoms with Crippen molar-refractivity contribution in [3.05, 3.63) is 40.3 Å². The van der Waals surface area contributed by atoms with Crippen molar-refractivity contribution in [2.75, 3.05) is 13.2 Å². The number of rotatable bonds is 5. The molecule has 0 unspecified atom stereocenters. The monoisotopic (exact) mass is 343 g/mol. The van der Waals surface area contributed by atoms with Gasteiger partial charge in [-0.05, 0) is 18.1 Å². The van der Waals surface area contributed by atoms with Gasteiger partial charge in [0.2, 0.25) is 11.8 Å². The Morgan fingerprint density at radius 1 is 1.12 bits per heavy atom. The van der Waals surface area contributed by atoms with Crippen LogP contribution in [0.15, 0.2) is 29.6 Å². The van der Waals surface area contributed by atoms with E-state index < -0.39 is 29.9 Å². The number of nitroso groups, excluding NO2 is 1. The molecular formula is C17H17N3O5. The fraction of sp³-hybridized carbons (Fsp3) is 0.471. The number of nitrogens with zero attached hydrogens (tertiary/aromatic N) is 3. The van der Waals surface area contributed by atoms with Crippen molar-refractivity contribution >= 4 is 17.8 Å². The summed E-state index contributed by atoms with van der Waals surface area (Å²) >= 11 is 0. The molecule has 0 spiro atoms. The minimum atomic E-state index is -0.618. The van der Waals surface area contributed by atoms with E-state index in [4.69, 9.17) is 4.74 Å². The van der Waals surface area contributed by atoms with E-state index in [1.165, 1.54) is 5.01 Å². The number of esters is 1. The largest absolute Gasteiger partial charge is 0.466 e. The smallest absolute Gasteiger partial charge is 0.307 e. The van der Waals surface area contributed by atoms with Crippen LogP contribution in [-0.2, 0) is 19.1 Å². The fourth-order valence-corrected chi connectivity index (χ4v) is 4.42. The Balaban J connectivity index is 1.62. The minimum Gasteiger partial charge on any atom is -0.466 e. The van der Waals surface area contributed by atoms with Crippen molar-refractivity contribution in [1.29, 1.82) is 0 Å². The van der Waals surface area contributed by atoms with Gasteiger partial charge in [-0.1, -0.05) is 24.3 Å². The van der Waals surface area contributed by atoms with E-state index >= 15 is 0 Å². The third-order valence-electron chi connectivity index (χ3n) is 5.31. The predicted octanol–water partition coefficient (Wildman–Crippen LogP) is 1.33. The first-order chi connectivity index (χ1) is 12.1. The molecule has 25 heavy (non-hydrogen) atoms. The number of amides is 2. The summed E-state index contributed by atoms with van der Waals surface area (Å²) in [5.74, 6) is -2.35. The Morgan fingerprint density at radius 3 is 2.16 bits per heavy atom. The summed E-state index contributed by atoms with van der Waals surface area (Å²) in [6, 6.07) is 6.41. The second-order valence-electron chi connectivity index (χ2n) is 6.41. The summed E-state index contributed by atoms with van der Waals surface area (Å²) in [6.45, 7) is 1.96. The molecule has 2 bridgehead atoms. The lowest BCUT2D eigenvalue weighted by Crippen LogP contribution is -2.36. The van der Waals surface area contributed by atoms with Crippen LogP contribution in [0.2, 0.25) is 0 Å². The van der Waals surface area contributed by atoms with E-state index in [0.717, 1.165) is 16.0 Å². The summed E-state index contributed by atoms with van der Waals surface area (Å²) in [4.78, 5) is 49.6. The summed E-state index contributed by atoms with van der Waals surface area (Å²) in [5.41, 5.74) is 1.75. The third kappa shape index (κ3) is 2.03. The number of hydrogen-bond donors (Lipinski definition) is 0. The van der Waals surface area contributed by atoms with Crippen molar-refractivity contribution in [3.8, 4) is 0 Å². The molecule has 1 aromatic rings. The molecule has 8 heteroatoms. The number of benzene rings is 1. The molecule has 2 amide bonds. The normalized spacial score (nSPS) is 29.0. The van der Waals surface area contributed by atoms with E-state index in [9.17, 15) is 19.3 Å². The molecular weight excluding hydrogens is 326 g/mol. The van der Waals surface area contributed by atoms with E-state index in [-0.39, 0.29) is 31.4 Å². The minimum absolute atomic E-state index is 0.00774. The first kappa shape index (κ1) is 15.7. The lowest BCUT2D eigenvalue weighted by molar-refractivity contribution is -0.145. The first-order valence-corrected chi connectivity index (χ1v) is 8.31. The maximum absolute atomic E-state index is 12.8. The number of fused-ring (bicyclic) bond motifs is 8. The van der Waals surface area contributed by atoms with Gasteiger partial charge in [0, 0.05) is 6.54 Å². The third-order valence-corrected chi connectivity index (χ3v) is 5.31. The molecule has 1 aromatic carbocycles. The van der Waals surface area contributed by atoms with E-state index in [1.807, 2.05) is 24.3 Å². The highest BCUT2D eigenvalue weighted by Gasteiger charge is 2.67. The van der Waals surface area contributed by atoms with Crippen LogP contribution in [0, 0.1) is 16.7 Å². The van der Waals surface area contributed by atoms with Crippen molar-refractivity contribution < 1.29 is 19.1 Å². The lowest BCUT2D eigenvalue weighted by atomic mass is 9.77. The van der Waals surface area contributed by atoms with Gasteiger partial charge in [-0.15, -0.1) is 4.91 Å². The van der Waals surface area contributed by atoms with Gasteiger partial charge in [-0.2, -0.15) is 0 Å². The van der Waals surface area contributed by atoms with Crippen molar-refractivity contribution in [2.45, 2.75) is 25.4 Å². The van der Waals surface area contributed by atoms with Gasteiger partial charge < -0.3 is 4.74 Å². The molecule has 2 fully saturated rings. The fourth-order valence-electron chi connectivity index (χ4n) is 4.42. The van der Waals surface area contributed by atoms with Gasteiger partial charge in [0.15, 0.2) is 0 Å². The van der Waals surface area contributed by atoms with Crippen molar-refractivity contribution in [2.24, 2.45) is 17.1 Å². The van der Waals surface area contributed by atoms with E-state index in [1.54, 1.807) is 6.92 Å². The highest BCUT2D eigenvalue weighted by molar-refractivity contribution is 6.07. The van der Waals surface area contributed by atoms with E-state index in [2.05, 4.69) is 5.29 Å². The predicted molar refractivity (Wildman–Crippen MR) is 84.5 cm³/mol. The van der Waals surface area contributed by atoms with Crippen LogP contribution in [0.25, 0.3) is 0 Å². The maximum Gasteiger partial charge on any atom is 0.307 e. The summed E-state index contributed by atoms with van der Waals surface area (Å²) < 4.78 is 4.85. The zero-order valence-corrected chi connectivity index (χ0v) is 13.6. The Morgan fingerprint density at radius 2 is 1.68 bits per heavy atom. The zero-order valence-electron chi connectivity index (χ0n) is 13.6. The molecule has 3 aliphatic rings. The topological polar surface area (TPSA) is 96.3 Å². The standard InChI is InChI=1S/C17H17N3O5/c1-2-25-11(21)7-8-19-16(22)12-13(17(19)23)15-10-6-4-3-5-9(10)14(12)20(15)18-24/h3-6,12-15H,2,7-8H2,1H3/t12-,13+,14-,15+. The Labute approximate surface area is 143 Å². The van der Waals surface area contributed by atoms with Crippen molar-refractivity contribution in [3.63, 3.8) is 0 Å².